The van der Waals surface area contributed by atoms with E-state index >= 15 is 0 Å². The Balaban J connectivity index is 3.20. The van der Waals surface area contributed by atoms with Crippen LogP contribution in [0.3, 0.4) is 0 Å². The van der Waals surface area contributed by atoms with Crippen LogP contribution in [0.1, 0.15) is 27.2 Å². The lowest BCUT2D eigenvalue weighted by molar-refractivity contribution is 0.148. The number of ether oxygens (including phenoxy) is 1. The van der Waals surface area contributed by atoms with Gasteiger partial charge in [0, 0.05) is 32.8 Å². The zero-order chi connectivity index (χ0) is 11.5. The first-order valence-corrected chi connectivity index (χ1v) is 6.17. The van der Waals surface area contributed by atoms with Gasteiger partial charge in [-0.05, 0) is 19.9 Å². The fourth-order valence-corrected chi connectivity index (χ4v) is 1.44. The summed E-state index contributed by atoms with van der Waals surface area (Å²) in [4.78, 5) is 2.39. The summed E-state index contributed by atoms with van der Waals surface area (Å²) in [6, 6.07) is 0. The van der Waals surface area contributed by atoms with Crippen molar-refractivity contribution in [1.82, 2.24) is 10.2 Å². The molecule has 0 fully saturated rings. The maximum Gasteiger partial charge on any atom is 0.0590 e. The molecule has 0 rings (SSSR count). The average molecular weight is 216 g/mol. The van der Waals surface area contributed by atoms with Crippen molar-refractivity contribution in [2.24, 2.45) is 5.92 Å². The molecule has 1 N–H and O–H groups in total. The molecule has 0 aliphatic heterocycles. The van der Waals surface area contributed by atoms with Gasteiger partial charge in [0.25, 0.3) is 0 Å². The predicted octanol–water partition coefficient (Wildman–Crippen LogP) is 1.59. The first kappa shape index (κ1) is 14.9. The van der Waals surface area contributed by atoms with Crippen LogP contribution < -0.4 is 5.32 Å². The van der Waals surface area contributed by atoms with Gasteiger partial charge >= 0.3 is 0 Å². The zero-order valence-corrected chi connectivity index (χ0v) is 10.9. The van der Waals surface area contributed by atoms with Gasteiger partial charge in [0.2, 0.25) is 0 Å². The highest BCUT2D eigenvalue weighted by Crippen LogP contribution is 2.01. The van der Waals surface area contributed by atoms with Crippen LogP contribution in [0, 0.1) is 5.92 Å². The fraction of sp³-hybridized carbons (Fsp3) is 1.00. The van der Waals surface area contributed by atoms with Gasteiger partial charge in [-0.1, -0.05) is 20.3 Å². The Hall–Kier alpha value is -0.120. The van der Waals surface area contributed by atoms with E-state index in [2.05, 4.69) is 31.1 Å². The second kappa shape index (κ2) is 10.4. The summed E-state index contributed by atoms with van der Waals surface area (Å²) in [6.45, 7) is 12.6. The lowest BCUT2D eigenvalue weighted by Gasteiger charge is -2.20. The average Bonchev–Trinajstić information content (AvgIpc) is 2.23. The second-order valence-corrected chi connectivity index (χ2v) is 4.22. The molecule has 1 unspecified atom stereocenters. The van der Waals surface area contributed by atoms with Gasteiger partial charge in [-0.15, -0.1) is 0 Å². The summed E-state index contributed by atoms with van der Waals surface area (Å²) in [7, 11) is 2.19. The van der Waals surface area contributed by atoms with E-state index in [1.54, 1.807) is 0 Å². The number of nitrogens with zero attached hydrogens (tertiary/aromatic N) is 1. The third-order valence-corrected chi connectivity index (χ3v) is 2.62. The zero-order valence-electron chi connectivity index (χ0n) is 10.9. The number of hydrogen-bond acceptors (Lipinski definition) is 3. The molecular formula is C12H28N2O. The van der Waals surface area contributed by atoms with Gasteiger partial charge in [0.1, 0.15) is 0 Å². The van der Waals surface area contributed by atoms with Crippen LogP contribution in [0.5, 0.6) is 0 Å². The van der Waals surface area contributed by atoms with Crippen molar-refractivity contribution in [3.63, 3.8) is 0 Å². The molecular weight excluding hydrogens is 188 g/mol. The van der Waals surface area contributed by atoms with Crippen molar-refractivity contribution in [3.8, 4) is 0 Å². The van der Waals surface area contributed by atoms with E-state index in [0.29, 0.717) is 0 Å². The Morgan fingerprint density at radius 3 is 2.60 bits per heavy atom. The van der Waals surface area contributed by atoms with E-state index < -0.39 is 0 Å². The largest absolute Gasteiger partial charge is 0.380 e. The molecule has 0 amide bonds. The highest BCUT2D eigenvalue weighted by atomic mass is 16.5. The Labute approximate surface area is 95.2 Å². The van der Waals surface area contributed by atoms with Gasteiger partial charge in [-0.2, -0.15) is 0 Å². The molecule has 0 bridgehead atoms. The molecule has 0 aromatic carbocycles. The van der Waals surface area contributed by atoms with Crippen molar-refractivity contribution < 1.29 is 4.74 Å². The summed E-state index contributed by atoms with van der Waals surface area (Å²) in [6.07, 6.45) is 1.27. The molecule has 0 spiro atoms. The van der Waals surface area contributed by atoms with Crippen molar-refractivity contribution in [2.45, 2.75) is 27.2 Å². The first-order valence-electron chi connectivity index (χ1n) is 6.17. The third-order valence-electron chi connectivity index (χ3n) is 2.62. The number of rotatable bonds is 10. The van der Waals surface area contributed by atoms with Gasteiger partial charge in [0.15, 0.2) is 0 Å². The minimum absolute atomic E-state index is 0.804. The second-order valence-electron chi connectivity index (χ2n) is 4.22. The standard InChI is InChI=1S/C12H28N2O/c1-5-12(3)11-14(4)9-7-13-8-10-15-6-2/h12-13H,5-11H2,1-4H3. The summed E-state index contributed by atoms with van der Waals surface area (Å²) < 4.78 is 5.25. The molecule has 15 heavy (non-hydrogen) atoms. The van der Waals surface area contributed by atoms with E-state index in [-0.39, 0.29) is 0 Å². The maximum atomic E-state index is 5.25. The highest BCUT2D eigenvalue weighted by Gasteiger charge is 2.03. The fourth-order valence-electron chi connectivity index (χ4n) is 1.44. The Morgan fingerprint density at radius 2 is 2.00 bits per heavy atom. The molecule has 0 saturated carbocycles. The monoisotopic (exact) mass is 216 g/mol. The molecule has 92 valence electrons. The third kappa shape index (κ3) is 10.2. The van der Waals surface area contributed by atoms with Crippen LogP contribution in [0.15, 0.2) is 0 Å². The van der Waals surface area contributed by atoms with Gasteiger partial charge < -0.3 is 15.0 Å². The number of hydrogen-bond donors (Lipinski definition) is 1. The molecule has 0 aromatic heterocycles. The van der Waals surface area contributed by atoms with E-state index in [1.807, 2.05) is 6.92 Å². The quantitative estimate of drug-likeness (QED) is 0.561. The SMILES string of the molecule is CCOCCNCCN(C)CC(C)CC. The van der Waals surface area contributed by atoms with Crippen molar-refractivity contribution in [2.75, 3.05) is 46.4 Å². The summed E-state index contributed by atoms with van der Waals surface area (Å²) in [5.74, 6) is 0.804. The Kier molecular flexibility index (Phi) is 10.3. The molecule has 3 nitrogen and oxygen atoms in total. The smallest absolute Gasteiger partial charge is 0.0590 e. The van der Waals surface area contributed by atoms with Crippen molar-refractivity contribution in [1.29, 1.82) is 0 Å². The van der Waals surface area contributed by atoms with Crippen molar-refractivity contribution >= 4 is 0 Å². The van der Waals surface area contributed by atoms with Crippen LogP contribution >= 0.6 is 0 Å². The van der Waals surface area contributed by atoms with Crippen LogP contribution in [-0.2, 0) is 4.74 Å². The molecule has 1 atom stereocenters. The first-order chi connectivity index (χ1) is 7.20. The lowest BCUT2D eigenvalue weighted by atomic mass is 10.1. The van der Waals surface area contributed by atoms with Crippen LogP contribution in [0.25, 0.3) is 0 Å². The summed E-state index contributed by atoms with van der Waals surface area (Å²) in [5.41, 5.74) is 0. The molecule has 0 aliphatic carbocycles. The Bertz CT molecular complexity index is 131. The normalized spacial score (nSPS) is 13.4. The van der Waals surface area contributed by atoms with Crippen LogP contribution in [0.4, 0.5) is 0 Å². The van der Waals surface area contributed by atoms with Gasteiger partial charge in [0.05, 0.1) is 6.61 Å². The van der Waals surface area contributed by atoms with E-state index in [1.165, 1.54) is 13.0 Å². The van der Waals surface area contributed by atoms with E-state index in [9.17, 15) is 0 Å². The highest BCUT2D eigenvalue weighted by molar-refractivity contribution is 4.59. The van der Waals surface area contributed by atoms with E-state index in [0.717, 1.165) is 38.8 Å². The molecule has 0 aliphatic rings. The summed E-state index contributed by atoms with van der Waals surface area (Å²) in [5, 5.41) is 3.38. The molecule has 3 heteroatoms. The van der Waals surface area contributed by atoms with Crippen LogP contribution in [-0.4, -0.2) is 51.3 Å². The minimum Gasteiger partial charge on any atom is -0.380 e. The predicted molar refractivity (Wildman–Crippen MR) is 66.3 cm³/mol. The number of likely N-dealkylation sites (N-methyl/N-ethyl adjacent to an activating group) is 1. The number of nitrogens with one attached hydrogen (secondary N) is 1. The van der Waals surface area contributed by atoms with Crippen LogP contribution in [0.2, 0.25) is 0 Å². The topological polar surface area (TPSA) is 24.5 Å². The Morgan fingerprint density at radius 1 is 1.27 bits per heavy atom. The maximum absolute atomic E-state index is 5.25. The minimum atomic E-state index is 0.804. The molecule has 0 radical (unpaired) electrons. The van der Waals surface area contributed by atoms with Crippen molar-refractivity contribution in [3.05, 3.63) is 0 Å². The molecule has 0 heterocycles. The summed E-state index contributed by atoms with van der Waals surface area (Å²) >= 11 is 0. The molecule has 0 aromatic rings. The van der Waals surface area contributed by atoms with Gasteiger partial charge in [-0.25, -0.2) is 0 Å². The molecule has 0 saturated heterocycles. The lowest BCUT2D eigenvalue weighted by Crippen LogP contribution is -2.33. The van der Waals surface area contributed by atoms with E-state index in [4.69, 9.17) is 4.74 Å². The van der Waals surface area contributed by atoms with Gasteiger partial charge in [-0.3, -0.25) is 0 Å².